The van der Waals surface area contributed by atoms with Gasteiger partial charge in [0.05, 0.1) is 0 Å². The van der Waals surface area contributed by atoms with Crippen LogP contribution in [0.3, 0.4) is 0 Å². The zero-order chi connectivity index (χ0) is 12.8. The van der Waals surface area contributed by atoms with E-state index in [0.717, 1.165) is 34.8 Å². The van der Waals surface area contributed by atoms with Crippen LogP contribution in [-0.4, -0.2) is 12.6 Å². The van der Waals surface area contributed by atoms with Crippen molar-refractivity contribution in [2.45, 2.75) is 12.8 Å². The molecule has 0 radical (unpaired) electrons. The Morgan fingerprint density at radius 3 is 2.11 bits per heavy atom. The lowest BCUT2D eigenvalue weighted by atomic mass is 9.97. The summed E-state index contributed by atoms with van der Waals surface area (Å²) in [7, 11) is 0. The number of benzene rings is 2. The fourth-order valence-corrected chi connectivity index (χ4v) is 1.99. The van der Waals surface area contributed by atoms with Crippen LogP contribution in [0.15, 0.2) is 48.5 Å². The van der Waals surface area contributed by atoms with Crippen molar-refractivity contribution in [3.8, 4) is 11.1 Å². The van der Waals surface area contributed by atoms with Crippen LogP contribution in [0.25, 0.3) is 11.1 Å². The summed E-state index contributed by atoms with van der Waals surface area (Å²) in [6.45, 7) is 0. The Balaban J connectivity index is 2.35. The van der Waals surface area contributed by atoms with Gasteiger partial charge in [-0.15, -0.1) is 0 Å². The molecule has 0 heterocycles. The average molecular weight is 238 g/mol. The summed E-state index contributed by atoms with van der Waals surface area (Å²) in [6.07, 6.45) is 2.68. The van der Waals surface area contributed by atoms with E-state index in [4.69, 9.17) is 0 Å². The molecule has 0 aromatic heterocycles. The quantitative estimate of drug-likeness (QED) is 0.751. The highest BCUT2D eigenvalue weighted by Crippen LogP contribution is 2.24. The third-order valence-electron chi connectivity index (χ3n) is 2.90. The number of aldehydes is 2. The van der Waals surface area contributed by atoms with Gasteiger partial charge in [0, 0.05) is 12.8 Å². The fraction of sp³-hybridized carbons (Fsp3) is 0.125. The molecule has 0 N–H and O–H groups in total. The summed E-state index contributed by atoms with van der Waals surface area (Å²) in [6, 6.07) is 15.7. The molecule has 0 aliphatic rings. The zero-order valence-electron chi connectivity index (χ0n) is 10.0. The van der Waals surface area contributed by atoms with E-state index in [1.54, 1.807) is 0 Å². The van der Waals surface area contributed by atoms with E-state index in [0.29, 0.717) is 12.8 Å². The first kappa shape index (κ1) is 12.2. The molecular formula is C16H14O2. The van der Waals surface area contributed by atoms with Gasteiger partial charge in [-0.2, -0.15) is 0 Å². The minimum Gasteiger partial charge on any atom is -0.303 e. The smallest absolute Gasteiger partial charge is 0.124 e. The number of hydrogen-bond donors (Lipinski definition) is 0. The molecule has 0 bridgehead atoms. The summed E-state index contributed by atoms with van der Waals surface area (Å²) in [5.41, 5.74) is 4.17. The largest absolute Gasteiger partial charge is 0.303 e. The Kier molecular flexibility index (Phi) is 4.02. The van der Waals surface area contributed by atoms with Crippen molar-refractivity contribution < 1.29 is 9.59 Å². The van der Waals surface area contributed by atoms with Crippen LogP contribution in [0.4, 0.5) is 0 Å². The minimum atomic E-state index is 0.423. The van der Waals surface area contributed by atoms with Crippen LogP contribution in [0, 0.1) is 0 Å². The van der Waals surface area contributed by atoms with Crippen LogP contribution in [0.1, 0.15) is 11.1 Å². The van der Waals surface area contributed by atoms with E-state index in [-0.39, 0.29) is 0 Å². The fourth-order valence-electron chi connectivity index (χ4n) is 1.99. The Hall–Kier alpha value is -2.22. The molecule has 90 valence electrons. The molecular weight excluding hydrogens is 224 g/mol. The van der Waals surface area contributed by atoms with Crippen LogP contribution in [0.2, 0.25) is 0 Å². The first-order valence-corrected chi connectivity index (χ1v) is 5.89. The molecule has 0 aliphatic heterocycles. The molecule has 0 spiro atoms. The lowest BCUT2D eigenvalue weighted by Gasteiger charge is -2.07. The highest BCUT2D eigenvalue weighted by Gasteiger charge is 2.03. The summed E-state index contributed by atoms with van der Waals surface area (Å²) < 4.78 is 0. The van der Waals surface area contributed by atoms with Gasteiger partial charge in [0.2, 0.25) is 0 Å². The van der Waals surface area contributed by atoms with Crippen molar-refractivity contribution in [2.24, 2.45) is 0 Å². The van der Waals surface area contributed by atoms with E-state index < -0.39 is 0 Å². The Morgan fingerprint density at radius 2 is 1.44 bits per heavy atom. The molecule has 2 heteroatoms. The number of carbonyl (C=O) groups excluding carboxylic acids is 2. The third kappa shape index (κ3) is 2.72. The third-order valence-corrected chi connectivity index (χ3v) is 2.90. The Morgan fingerprint density at radius 1 is 0.778 bits per heavy atom. The molecule has 0 amide bonds. The number of carbonyl (C=O) groups is 2. The lowest BCUT2D eigenvalue weighted by Crippen LogP contribution is -1.91. The van der Waals surface area contributed by atoms with Gasteiger partial charge in [-0.05, 0) is 22.3 Å². The second-order valence-electron chi connectivity index (χ2n) is 4.10. The van der Waals surface area contributed by atoms with Crippen molar-refractivity contribution in [2.75, 3.05) is 0 Å². The summed E-state index contributed by atoms with van der Waals surface area (Å²) in [5.74, 6) is 0. The zero-order valence-corrected chi connectivity index (χ0v) is 10.0. The molecule has 2 aromatic carbocycles. The monoisotopic (exact) mass is 238 g/mol. The van der Waals surface area contributed by atoms with E-state index in [1.165, 1.54) is 0 Å². The van der Waals surface area contributed by atoms with Gasteiger partial charge in [0.15, 0.2) is 0 Å². The summed E-state index contributed by atoms with van der Waals surface area (Å²) in [5, 5.41) is 0. The lowest BCUT2D eigenvalue weighted by molar-refractivity contribution is -0.108. The van der Waals surface area contributed by atoms with E-state index in [2.05, 4.69) is 0 Å². The maximum Gasteiger partial charge on any atom is 0.124 e. The molecule has 18 heavy (non-hydrogen) atoms. The first-order valence-electron chi connectivity index (χ1n) is 5.89. The highest BCUT2D eigenvalue weighted by atomic mass is 16.1. The van der Waals surface area contributed by atoms with Crippen molar-refractivity contribution in [1.29, 1.82) is 0 Å². The normalized spacial score (nSPS) is 10.0. The number of rotatable bonds is 5. The first-order chi connectivity index (χ1) is 8.85. The number of hydrogen-bond acceptors (Lipinski definition) is 2. The van der Waals surface area contributed by atoms with Crippen molar-refractivity contribution in [3.63, 3.8) is 0 Å². The van der Waals surface area contributed by atoms with Crippen LogP contribution in [0.5, 0.6) is 0 Å². The van der Waals surface area contributed by atoms with Gasteiger partial charge in [-0.3, -0.25) is 0 Å². The summed E-state index contributed by atoms with van der Waals surface area (Å²) in [4.78, 5) is 21.1. The van der Waals surface area contributed by atoms with Gasteiger partial charge in [0.1, 0.15) is 12.6 Å². The van der Waals surface area contributed by atoms with Crippen LogP contribution < -0.4 is 0 Å². The topological polar surface area (TPSA) is 34.1 Å². The van der Waals surface area contributed by atoms with E-state index in [9.17, 15) is 9.59 Å². The van der Waals surface area contributed by atoms with Gasteiger partial charge < -0.3 is 9.59 Å². The molecule has 0 saturated carbocycles. The molecule has 2 aromatic rings. The maximum atomic E-state index is 10.7. The summed E-state index contributed by atoms with van der Waals surface area (Å²) >= 11 is 0. The molecule has 0 fully saturated rings. The van der Waals surface area contributed by atoms with Crippen molar-refractivity contribution >= 4 is 12.6 Å². The maximum absolute atomic E-state index is 10.7. The molecule has 0 atom stereocenters. The SMILES string of the molecule is O=CCc1ccc(-c2ccccc2CC=O)cc1. The van der Waals surface area contributed by atoms with E-state index in [1.807, 2.05) is 48.5 Å². The highest BCUT2D eigenvalue weighted by molar-refractivity contribution is 5.71. The van der Waals surface area contributed by atoms with Gasteiger partial charge in [-0.1, -0.05) is 48.5 Å². The van der Waals surface area contributed by atoms with Crippen LogP contribution in [-0.2, 0) is 22.4 Å². The predicted octanol–water partition coefficient (Wildman–Crippen LogP) is 2.84. The second kappa shape index (κ2) is 5.92. The van der Waals surface area contributed by atoms with Gasteiger partial charge in [0.25, 0.3) is 0 Å². The van der Waals surface area contributed by atoms with Crippen molar-refractivity contribution in [1.82, 2.24) is 0 Å². The molecule has 0 aliphatic carbocycles. The predicted molar refractivity (Wildman–Crippen MR) is 71.4 cm³/mol. The molecule has 2 nitrogen and oxygen atoms in total. The second-order valence-corrected chi connectivity index (χ2v) is 4.10. The Bertz CT molecular complexity index is 541. The van der Waals surface area contributed by atoms with E-state index >= 15 is 0 Å². The average Bonchev–Trinajstić information content (AvgIpc) is 2.41. The molecule has 2 rings (SSSR count). The molecule has 0 unspecified atom stereocenters. The van der Waals surface area contributed by atoms with Crippen LogP contribution >= 0.6 is 0 Å². The minimum absolute atomic E-state index is 0.423. The van der Waals surface area contributed by atoms with Gasteiger partial charge in [-0.25, -0.2) is 0 Å². The van der Waals surface area contributed by atoms with Gasteiger partial charge >= 0.3 is 0 Å². The molecule has 0 saturated heterocycles. The standard InChI is InChI=1S/C16H14O2/c17-11-9-13-5-7-15(8-6-13)16-4-2-1-3-14(16)10-12-18/h1-8,11-12H,9-10H2. The van der Waals surface area contributed by atoms with Crippen molar-refractivity contribution in [3.05, 3.63) is 59.7 Å². The Labute approximate surface area is 106 Å².